The van der Waals surface area contributed by atoms with Crippen LogP contribution in [0.3, 0.4) is 0 Å². The molecule has 4 rings (SSSR count). The number of aliphatic hydroxyl groups excluding tert-OH is 1. The average molecular weight is 390 g/mol. The van der Waals surface area contributed by atoms with Crippen molar-refractivity contribution in [2.45, 2.75) is 25.6 Å². The van der Waals surface area contributed by atoms with Crippen LogP contribution < -0.4 is 10.2 Å². The lowest BCUT2D eigenvalue weighted by Crippen LogP contribution is -2.29. The number of fused-ring (bicyclic) bond motifs is 1. The van der Waals surface area contributed by atoms with E-state index >= 15 is 0 Å². The second kappa shape index (κ2) is 7.32. The van der Waals surface area contributed by atoms with Gasteiger partial charge in [0, 0.05) is 24.3 Å². The van der Waals surface area contributed by atoms with Crippen LogP contribution in [0.5, 0.6) is 0 Å². The molecule has 136 valence electrons. The third-order valence-corrected chi connectivity index (χ3v) is 6.62. The fourth-order valence-corrected chi connectivity index (χ4v) is 5.15. The summed E-state index contributed by atoms with van der Waals surface area (Å²) >= 11 is 3.04. The van der Waals surface area contributed by atoms with Gasteiger partial charge in [0.2, 0.25) is 0 Å². The van der Waals surface area contributed by atoms with E-state index in [2.05, 4.69) is 10.2 Å². The molecule has 0 spiro atoms. The minimum Gasteiger partial charge on any atom is -0.364 e. The number of nitrogens with zero attached hydrogens (tertiary/aromatic N) is 2. The number of anilines is 2. The van der Waals surface area contributed by atoms with Crippen LogP contribution >= 0.6 is 22.7 Å². The van der Waals surface area contributed by atoms with Crippen LogP contribution in [0.4, 0.5) is 10.8 Å². The molecule has 3 aromatic rings. The van der Waals surface area contributed by atoms with Crippen LogP contribution in [0, 0.1) is 0 Å². The second-order valence-electron chi connectivity index (χ2n) is 6.27. The first-order chi connectivity index (χ1) is 12.6. The molecule has 0 radical (unpaired) electrons. The van der Waals surface area contributed by atoms with Gasteiger partial charge in [-0.05, 0) is 37.5 Å². The number of rotatable bonds is 4. The molecule has 0 saturated carbocycles. The number of hydrogen-bond donors (Lipinski definition) is 3. The fraction of sp³-hybridized carbons (Fsp3) is 0.333. The lowest BCUT2D eigenvalue weighted by Gasteiger charge is -2.25. The molecule has 0 atom stereocenters. The van der Waals surface area contributed by atoms with Crippen LogP contribution in [0.1, 0.15) is 40.8 Å². The van der Waals surface area contributed by atoms with Crippen molar-refractivity contribution >= 4 is 48.9 Å². The largest absolute Gasteiger partial charge is 0.364 e. The fourth-order valence-electron chi connectivity index (χ4n) is 2.99. The molecular weight excluding hydrogens is 370 g/mol. The van der Waals surface area contributed by atoms with Gasteiger partial charge < -0.3 is 20.4 Å². The number of aromatic nitrogens is 1. The average Bonchev–Trinajstić information content (AvgIpc) is 3.22. The lowest BCUT2D eigenvalue weighted by molar-refractivity contribution is -0.0424. The maximum Gasteiger partial charge on any atom is 0.265 e. The lowest BCUT2D eigenvalue weighted by atomic mass is 10.1. The Labute approximate surface area is 158 Å². The zero-order valence-corrected chi connectivity index (χ0v) is 15.6. The van der Waals surface area contributed by atoms with Crippen LogP contribution in [-0.4, -0.2) is 34.2 Å². The number of benzene rings is 1. The highest BCUT2D eigenvalue weighted by Gasteiger charge is 2.18. The zero-order chi connectivity index (χ0) is 18.1. The SMILES string of the molecule is O=C(Nc1ccc(C(O)O)cc1)c1cc2sc(N3CCCCC3)nc2s1. The van der Waals surface area contributed by atoms with Crippen molar-refractivity contribution in [2.75, 3.05) is 23.3 Å². The summed E-state index contributed by atoms with van der Waals surface area (Å²) in [7, 11) is 0. The Balaban J connectivity index is 1.47. The highest BCUT2D eigenvalue weighted by Crippen LogP contribution is 2.35. The maximum atomic E-state index is 12.5. The molecule has 1 amide bonds. The van der Waals surface area contributed by atoms with E-state index in [9.17, 15) is 4.79 Å². The molecule has 6 nitrogen and oxygen atoms in total. The van der Waals surface area contributed by atoms with Gasteiger partial charge in [0.05, 0.1) is 9.58 Å². The van der Waals surface area contributed by atoms with Gasteiger partial charge in [-0.1, -0.05) is 23.5 Å². The van der Waals surface area contributed by atoms with Crippen LogP contribution in [-0.2, 0) is 0 Å². The Morgan fingerprint density at radius 3 is 2.50 bits per heavy atom. The van der Waals surface area contributed by atoms with Gasteiger partial charge in [0.15, 0.2) is 11.4 Å². The number of hydrogen-bond acceptors (Lipinski definition) is 7. The number of thiazole rings is 1. The summed E-state index contributed by atoms with van der Waals surface area (Å²) in [6.07, 6.45) is 2.21. The first-order valence-corrected chi connectivity index (χ1v) is 10.2. The van der Waals surface area contributed by atoms with E-state index in [0.717, 1.165) is 27.8 Å². The highest BCUT2D eigenvalue weighted by atomic mass is 32.1. The number of carbonyl (C=O) groups excluding carboxylic acids is 1. The highest BCUT2D eigenvalue weighted by molar-refractivity contribution is 7.29. The molecule has 2 aromatic heterocycles. The first-order valence-electron chi connectivity index (χ1n) is 8.53. The summed E-state index contributed by atoms with van der Waals surface area (Å²) in [6, 6.07) is 8.33. The van der Waals surface area contributed by atoms with Crippen molar-refractivity contribution in [1.82, 2.24) is 4.98 Å². The molecule has 1 aliphatic heterocycles. The number of carbonyl (C=O) groups is 1. The first kappa shape index (κ1) is 17.4. The molecule has 3 N–H and O–H groups in total. The normalized spacial score (nSPS) is 15.0. The minimum atomic E-state index is -1.51. The summed E-state index contributed by atoms with van der Waals surface area (Å²) in [5.41, 5.74) is 0.993. The van der Waals surface area contributed by atoms with Crippen LogP contribution in [0.2, 0.25) is 0 Å². The maximum absolute atomic E-state index is 12.5. The Hall–Kier alpha value is -2.00. The molecule has 0 aliphatic carbocycles. The van der Waals surface area contributed by atoms with E-state index in [0.29, 0.717) is 16.1 Å². The van der Waals surface area contributed by atoms with Gasteiger partial charge in [-0.15, -0.1) is 11.3 Å². The van der Waals surface area contributed by atoms with E-state index in [1.165, 1.54) is 30.6 Å². The Bertz CT molecular complexity index is 880. The Morgan fingerprint density at radius 1 is 1.12 bits per heavy atom. The number of amides is 1. The quantitative estimate of drug-likeness (QED) is 0.594. The summed E-state index contributed by atoms with van der Waals surface area (Å²) in [5, 5.41) is 22.1. The topological polar surface area (TPSA) is 85.7 Å². The van der Waals surface area contributed by atoms with Gasteiger partial charge in [0.1, 0.15) is 4.83 Å². The monoisotopic (exact) mass is 389 g/mol. The minimum absolute atomic E-state index is 0.183. The summed E-state index contributed by atoms with van der Waals surface area (Å²) in [4.78, 5) is 21.0. The van der Waals surface area contributed by atoms with Crippen molar-refractivity contribution in [3.8, 4) is 0 Å². The predicted octanol–water partition coefficient (Wildman–Crippen LogP) is 3.58. The van der Waals surface area contributed by atoms with E-state index < -0.39 is 6.29 Å². The standard InChI is InChI=1S/C18H19N3O3S2/c22-15(19-12-6-4-11(5-7-12)17(23)24)13-10-14-16(25-13)20-18(26-14)21-8-2-1-3-9-21/h4-7,10,17,23-24H,1-3,8-9H2,(H,19,22). The van der Waals surface area contributed by atoms with Crippen molar-refractivity contribution in [3.05, 3.63) is 40.8 Å². The zero-order valence-electron chi connectivity index (χ0n) is 14.0. The van der Waals surface area contributed by atoms with E-state index in [-0.39, 0.29) is 5.91 Å². The molecule has 26 heavy (non-hydrogen) atoms. The predicted molar refractivity (Wildman–Crippen MR) is 105 cm³/mol. The molecule has 1 aromatic carbocycles. The Kier molecular flexibility index (Phi) is 4.90. The molecular formula is C18H19N3O3S2. The molecule has 3 heterocycles. The van der Waals surface area contributed by atoms with Gasteiger partial charge >= 0.3 is 0 Å². The molecule has 1 aliphatic rings. The van der Waals surface area contributed by atoms with Crippen LogP contribution in [0.15, 0.2) is 30.3 Å². The number of aliphatic hydroxyl groups is 2. The van der Waals surface area contributed by atoms with Crippen LogP contribution in [0.25, 0.3) is 9.53 Å². The van der Waals surface area contributed by atoms with E-state index in [1.807, 2.05) is 6.07 Å². The molecule has 0 bridgehead atoms. The van der Waals surface area contributed by atoms with Gasteiger partial charge in [-0.3, -0.25) is 4.79 Å². The second-order valence-corrected chi connectivity index (χ2v) is 8.31. The van der Waals surface area contributed by atoms with Crippen molar-refractivity contribution in [1.29, 1.82) is 0 Å². The number of thiophene rings is 1. The van der Waals surface area contributed by atoms with Gasteiger partial charge in [0.25, 0.3) is 5.91 Å². The molecule has 8 heteroatoms. The summed E-state index contributed by atoms with van der Waals surface area (Å²) < 4.78 is 1.04. The molecule has 1 fully saturated rings. The third-order valence-electron chi connectivity index (χ3n) is 4.40. The number of piperidine rings is 1. The molecule has 1 saturated heterocycles. The Morgan fingerprint density at radius 2 is 1.85 bits per heavy atom. The number of nitrogens with one attached hydrogen (secondary N) is 1. The van der Waals surface area contributed by atoms with Gasteiger partial charge in [-0.25, -0.2) is 4.98 Å². The smallest absolute Gasteiger partial charge is 0.265 e. The van der Waals surface area contributed by atoms with E-state index in [1.54, 1.807) is 35.6 Å². The molecule has 0 unspecified atom stereocenters. The van der Waals surface area contributed by atoms with E-state index in [4.69, 9.17) is 15.2 Å². The van der Waals surface area contributed by atoms with Crippen molar-refractivity contribution in [2.24, 2.45) is 0 Å². The summed E-state index contributed by atoms with van der Waals surface area (Å²) in [6.45, 7) is 2.12. The van der Waals surface area contributed by atoms with Crippen molar-refractivity contribution < 1.29 is 15.0 Å². The summed E-state index contributed by atoms with van der Waals surface area (Å²) in [5.74, 6) is -0.183. The van der Waals surface area contributed by atoms with Crippen molar-refractivity contribution in [3.63, 3.8) is 0 Å². The van der Waals surface area contributed by atoms with Gasteiger partial charge in [-0.2, -0.15) is 0 Å². The third kappa shape index (κ3) is 3.59.